The van der Waals surface area contributed by atoms with E-state index >= 15 is 0 Å². The summed E-state index contributed by atoms with van der Waals surface area (Å²) in [6.07, 6.45) is -0.298. The number of carbonyl (C=O) groups is 2. The maximum Gasteiger partial charge on any atom is 0.409 e. The molecule has 112 valence electrons. The van der Waals surface area contributed by atoms with Crippen molar-refractivity contribution in [2.75, 3.05) is 50.1 Å². The number of hydrogen-bond acceptors (Lipinski definition) is 5. The fourth-order valence-corrected chi connectivity index (χ4v) is 2.61. The van der Waals surface area contributed by atoms with Gasteiger partial charge in [-0.2, -0.15) is 0 Å². The van der Waals surface area contributed by atoms with Crippen molar-refractivity contribution >= 4 is 23.4 Å². The summed E-state index contributed by atoms with van der Waals surface area (Å²) < 4.78 is 10.3. The Kier molecular flexibility index (Phi) is 3.55. The first-order valence-electron chi connectivity index (χ1n) is 6.82. The van der Waals surface area contributed by atoms with E-state index in [4.69, 9.17) is 9.47 Å². The number of fused-ring (bicyclic) bond motifs is 1. The normalized spacial score (nSPS) is 17.7. The van der Waals surface area contributed by atoms with Crippen molar-refractivity contribution in [3.63, 3.8) is 0 Å². The molecule has 2 aliphatic heterocycles. The van der Waals surface area contributed by atoms with E-state index in [1.54, 1.807) is 4.90 Å². The summed E-state index contributed by atoms with van der Waals surface area (Å²) >= 11 is 0. The predicted octanol–water partition coefficient (Wildman–Crippen LogP) is 0.906. The standard InChI is InChI=1S/C14H17N3O4/c1-20-14(19)17-7-5-16(6-8-17)11-4-2-3-10-13(11)21-9-12(18)15-10/h2-4H,5-9H2,1H3,(H,15,18). The van der Waals surface area contributed by atoms with Crippen molar-refractivity contribution < 1.29 is 19.1 Å². The average molecular weight is 291 g/mol. The summed E-state index contributed by atoms with van der Waals surface area (Å²) in [7, 11) is 1.39. The summed E-state index contributed by atoms with van der Waals surface area (Å²) in [6.45, 7) is 2.63. The molecule has 0 radical (unpaired) electrons. The van der Waals surface area contributed by atoms with E-state index in [2.05, 4.69) is 10.2 Å². The third kappa shape index (κ3) is 2.58. The molecule has 1 saturated heterocycles. The van der Waals surface area contributed by atoms with Gasteiger partial charge in [-0.25, -0.2) is 4.79 Å². The molecule has 2 amide bonds. The molecule has 1 aromatic carbocycles. The second-order valence-electron chi connectivity index (χ2n) is 4.93. The van der Waals surface area contributed by atoms with Gasteiger partial charge in [0.25, 0.3) is 5.91 Å². The SMILES string of the molecule is COC(=O)N1CCN(c2cccc3c2OCC(=O)N3)CC1. The van der Waals surface area contributed by atoms with Crippen LogP contribution in [0.5, 0.6) is 5.75 Å². The molecule has 0 bridgehead atoms. The molecular weight excluding hydrogens is 274 g/mol. The second-order valence-corrected chi connectivity index (χ2v) is 4.93. The van der Waals surface area contributed by atoms with Gasteiger partial charge >= 0.3 is 6.09 Å². The Labute approximate surface area is 122 Å². The number of benzene rings is 1. The van der Waals surface area contributed by atoms with Crippen LogP contribution in [0.25, 0.3) is 0 Å². The van der Waals surface area contributed by atoms with E-state index in [1.165, 1.54) is 7.11 Å². The maximum absolute atomic E-state index is 11.5. The molecule has 0 aromatic heterocycles. The number of carbonyl (C=O) groups excluding carboxylic acids is 2. The Balaban J connectivity index is 1.76. The Hall–Kier alpha value is -2.44. The van der Waals surface area contributed by atoms with E-state index in [-0.39, 0.29) is 18.6 Å². The third-order valence-electron chi connectivity index (χ3n) is 3.67. The molecule has 0 atom stereocenters. The minimum atomic E-state index is -0.298. The largest absolute Gasteiger partial charge is 0.479 e. The number of nitrogens with one attached hydrogen (secondary N) is 1. The van der Waals surface area contributed by atoms with Crippen LogP contribution < -0.4 is 15.0 Å². The summed E-state index contributed by atoms with van der Waals surface area (Å²) in [4.78, 5) is 26.7. The highest BCUT2D eigenvalue weighted by atomic mass is 16.5. The van der Waals surface area contributed by atoms with E-state index in [0.717, 1.165) is 5.69 Å². The Bertz CT molecular complexity index is 567. The monoisotopic (exact) mass is 291 g/mol. The molecule has 1 N–H and O–H groups in total. The van der Waals surface area contributed by atoms with Gasteiger partial charge in [0.2, 0.25) is 0 Å². The average Bonchev–Trinajstić information content (AvgIpc) is 2.53. The molecule has 7 heteroatoms. The van der Waals surface area contributed by atoms with E-state index in [1.807, 2.05) is 18.2 Å². The van der Waals surface area contributed by atoms with Gasteiger partial charge in [-0.3, -0.25) is 4.79 Å². The molecule has 3 rings (SSSR count). The van der Waals surface area contributed by atoms with Crippen molar-refractivity contribution in [2.24, 2.45) is 0 Å². The molecule has 21 heavy (non-hydrogen) atoms. The Morgan fingerprint density at radius 1 is 1.29 bits per heavy atom. The zero-order chi connectivity index (χ0) is 14.8. The van der Waals surface area contributed by atoms with Gasteiger partial charge in [-0.05, 0) is 12.1 Å². The first-order valence-corrected chi connectivity index (χ1v) is 6.82. The van der Waals surface area contributed by atoms with Crippen molar-refractivity contribution in [1.82, 2.24) is 4.90 Å². The second kappa shape index (κ2) is 5.51. The maximum atomic E-state index is 11.5. The van der Waals surface area contributed by atoms with Crippen molar-refractivity contribution in [3.05, 3.63) is 18.2 Å². The molecular formula is C14H17N3O4. The van der Waals surface area contributed by atoms with Crippen LogP contribution in [0.1, 0.15) is 0 Å². The van der Waals surface area contributed by atoms with Crippen LogP contribution in [-0.4, -0.2) is 56.8 Å². The highest BCUT2D eigenvalue weighted by molar-refractivity contribution is 5.97. The number of piperazine rings is 1. The smallest absolute Gasteiger partial charge is 0.409 e. The number of para-hydroxylation sites is 1. The first kappa shape index (κ1) is 13.5. The van der Waals surface area contributed by atoms with Crippen molar-refractivity contribution in [3.8, 4) is 5.75 Å². The molecule has 1 fully saturated rings. The lowest BCUT2D eigenvalue weighted by molar-refractivity contribution is -0.118. The quantitative estimate of drug-likeness (QED) is 0.832. The summed E-state index contributed by atoms with van der Waals surface area (Å²) in [6, 6.07) is 5.67. The van der Waals surface area contributed by atoms with Gasteiger partial charge in [-0.15, -0.1) is 0 Å². The molecule has 0 aliphatic carbocycles. The highest BCUT2D eigenvalue weighted by Gasteiger charge is 2.26. The van der Waals surface area contributed by atoms with Crippen LogP contribution in [0.3, 0.4) is 0 Å². The zero-order valence-corrected chi connectivity index (χ0v) is 11.8. The molecule has 0 spiro atoms. The predicted molar refractivity (Wildman–Crippen MR) is 76.8 cm³/mol. The van der Waals surface area contributed by atoms with Gasteiger partial charge in [-0.1, -0.05) is 6.07 Å². The molecule has 0 unspecified atom stereocenters. The first-order chi connectivity index (χ1) is 10.2. The summed E-state index contributed by atoms with van der Waals surface area (Å²) in [5, 5.41) is 2.80. The molecule has 1 aromatic rings. The summed E-state index contributed by atoms with van der Waals surface area (Å²) in [5.74, 6) is 0.554. The fraction of sp³-hybridized carbons (Fsp3) is 0.429. The van der Waals surface area contributed by atoms with Gasteiger partial charge in [0.1, 0.15) is 0 Å². The van der Waals surface area contributed by atoms with Crippen LogP contribution in [0.15, 0.2) is 18.2 Å². The lowest BCUT2D eigenvalue weighted by atomic mass is 10.2. The minimum Gasteiger partial charge on any atom is -0.479 e. The van der Waals surface area contributed by atoms with Crippen LogP contribution in [-0.2, 0) is 9.53 Å². The minimum absolute atomic E-state index is 0.0339. The van der Waals surface area contributed by atoms with E-state index in [0.29, 0.717) is 37.6 Å². The number of methoxy groups -OCH3 is 1. The number of rotatable bonds is 1. The van der Waals surface area contributed by atoms with Crippen LogP contribution >= 0.6 is 0 Å². The molecule has 2 aliphatic rings. The fourth-order valence-electron chi connectivity index (χ4n) is 2.61. The lowest BCUT2D eigenvalue weighted by Gasteiger charge is -2.36. The van der Waals surface area contributed by atoms with Crippen molar-refractivity contribution in [1.29, 1.82) is 0 Å². The van der Waals surface area contributed by atoms with Gasteiger partial charge in [0, 0.05) is 26.2 Å². The summed E-state index contributed by atoms with van der Waals surface area (Å²) in [5.41, 5.74) is 1.64. The van der Waals surface area contributed by atoms with Crippen LogP contribution in [0.4, 0.5) is 16.2 Å². The Morgan fingerprint density at radius 3 is 2.76 bits per heavy atom. The van der Waals surface area contributed by atoms with Gasteiger partial charge < -0.3 is 24.6 Å². The van der Waals surface area contributed by atoms with Crippen LogP contribution in [0.2, 0.25) is 0 Å². The van der Waals surface area contributed by atoms with E-state index < -0.39 is 0 Å². The molecule has 2 heterocycles. The van der Waals surface area contributed by atoms with Crippen molar-refractivity contribution in [2.45, 2.75) is 0 Å². The van der Waals surface area contributed by atoms with Crippen LogP contribution in [0, 0.1) is 0 Å². The number of nitrogens with zero attached hydrogens (tertiary/aromatic N) is 2. The lowest BCUT2D eigenvalue weighted by Crippen LogP contribution is -2.49. The van der Waals surface area contributed by atoms with E-state index in [9.17, 15) is 9.59 Å². The van der Waals surface area contributed by atoms with Gasteiger partial charge in [0.05, 0.1) is 18.5 Å². The number of ether oxygens (including phenoxy) is 2. The topological polar surface area (TPSA) is 71.1 Å². The number of anilines is 2. The Morgan fingerprint density at radius 2 is 2.05 bits per heavy atom. The number of amides is 2. The highest BCUT2D eigenvalue weighted by Crippen LogP contribution is 2.38. The number of hydrogen-bond donors (Lipinski definition) is 1. The molecule has 7 nitrogen and oxygen atoms in total. The third-order valence-corrected chi connectivity index (χ3v) is 3.67. The molecule has 0 saturated carbocycles. The zero-order valence-electron chi connectivity index (χ0n) is 11.8. The van der Waals surface area contributed by atoms with Gasteiger partial charge in [0.15, 0.2) is 12.4 Å².